The van der Waals surface area contributed by atoms with E-state index in [-0.39, 0.29) is 42.5 Å². The zero-order chi connectivity index (χ0) is 23.1. The minimum Gasteiger partial charge on any atom is -0.426 e. The fourth-order valence-corrected chi connectivity index (χ4v) is 4.83. The highest BCUT2D eigenvalue weighted by Crippen LogP contribution is 2.38. The van der Waals surface area contributed by atoms with E-state index in [2.05, 4.69) is 0 Å². The van der Waals surface area contributed by atoms with Gasteiger partial charge in [0.15, 0.2) is 0 Å². The summed E-state index contributed by atoms with van der Waals surface area (Å²) in [6.07, 6.45) is 5.17. The number of ether oxygens (including phenoxy) is 1. The van der Waals surface area contributed by atoms with Crippen molar-refractivity contribution in [2.45, 2.75) is 26.2 Å². The van der Waals surface area contributed by atoms with Crippen LogP contribution in [0.5, 0.6) is 5.75 Å². The highest BCUT2D eigenvalue weighted by molar-refractivity contribution is 6.22. The van der Waals surface area contributed by atoms with Crippen molar-refractivity contribution in [1.29, 1.82) is 0 Å². The molecule has 2 aromatic rings. The van der Waals surface area contributed by atoms with Crippen molar-refractivity contribution in [3.8, 4) is 5.75 Å². The van der Waals surface area contributed by atoms with Gasteiger partial charge < -0.3 is 9.64 Å². The second-order valence-corrected chi connectivity index (χ2v) is 8.83. The first-order chi connectivity index (χ1) is 15.9. The van der Waals surface area contributed by atoms with E-state index in [9.17, 15) is 19.2 Å². The number of hydrogen-bond acceptors (Lipinski definition) is 5. The van der Waals surface area contributed by atoms with Gasteiger partial charge in [0.2, 0.25) is 17.7 Å². The van der Waals surface area contributed by atoms with E-state index < -0.39 is 11.9 Å². The third kappa shape index (κ3) is 3.84. The van der Waals surface area contributed by atoms with Crippen LogP contribution in [0.2, 0.25) is 0 Å². The molecule has 33 heavy (non-hydrogen) atoms. The molecule has 7 nitrogen and oxygen atoms in total. The lowest BCUT2D eigenvalue weighted by molar-refractivity contribution is -0.139. The van der Waals surface area contributed by atoms with E-state index in [1.807, 2.05) is 43.3 Å². The number of fused-ring (bicyclic) bond motifs is 1. The maximum atomic E-state index is 12.7. The predicted octanol–water partition coefficient (Wildman–Crippen LogP) is 3.41. The molecule has 3 aliphatic rings. The summed E-state index contributed by atoms with van der Waals surface area (Å²) in [5.74, 6) is -1.79. The number of amides is 3. The molecule has 0 N–H and O–H groups in total. The number of anilines is 2. The standard InChI is InChI=1S/C26H24N2O5/c1-16-5-4-6-19(13-16)27-15-17(14-23(27)29)26(32)33-20-11-9-18(10-12-20)28-24(30)21-7-2-3-8-22(21)25(28)31/h2-6,9-13,17,21-22H,7-8,14-15H2,1H3/t17-,21-,22+/m0/s1. The van der Waals surface area contributed by atoms with Gasteiger partial charge in [-0.1, -0.05) is 24.3 Å². The van der Waals surface area contributed by atoms with Crippen LogP contribution in [0.4, 0.5) is 11.4 Å². The molecule has 0 unspecified atom stereocenters. The molecule has 0 aromatic heterocycles. The summed E-state index contributed by atoms with van der Waals surface area (Å²) in [7, 11) is 0. The molecule has 168 valence electrons. The summed E-state index contributed by atoms with van der Waals surface area (Å²) in [5.41, 5.74) is 2.29. The molecule has 0 spiro atoms. The molecule has 5 rings (SSSR count). The summed E-state index contributed by atoms with van der Waals surface area (Å²) in [4.78, 5) is 53.5. The fourth-order valence-electron chi connectivity index (χ4n) is 4.83. The van der Waals surface area contributed by atoms with Gasteiger partial charge in [-0.05, 0) is 61.7 Å². The van der Waals surface area contributed by atoms with Crippen LogP contribution < -0.4 is 14.5 Å². The van der Waals surface area contributed by atoms with E-state index in [1.165, 1.54) is 4.90 Å². The van der Waals surface area contributed by atoms with Gasteiger partial charge in [-0.3, -0.25) is 24.1 Å². The number of carbonyl (C=O) groups excluding carboxylic acids is 4. The Labute approximate surface area is 191 Å². The van der Waals surface area contributed by atoms with Crippen molar-refractivity contribution in [3.05, 3.63) is 66.2 Å². The van der Waals surface area contributed by atoms with Crippen molar-refractivity contribution < 1.29 is 23.9 Å². The van der Waals surface area contributed by atoms with E-state index >= 15 is 0 Å². The molecule has 3 amide bonds. The zero-order valence-corrected chi connectivity index (χ0v) is 18.3. The van der Waals surface area contributed by atoms with Gasteiger partial charge in [-0.15, -0.1) is 0 Å². The smallest absolute Gasteiger partial charge is 0.316 e. The third-order valence-corrected chi connectivity index (χ3v) is 6.59. The van der Waals surface area contributed by atoms with Crippen LogP contribution in [0.3, 0.4) is 0 Å². The first-order valence-electron chi connectivity index (χ1n) is 11.1. The predicted molar refractivity (Wildman–Crippen MR) is 122 cm³/mol. The van der Waals surface area contributed by atoms with Crippen LogP contribution in [-0.4, -0.2) is 30.2 Å². The van der Waals surface area contributed by atoms with Gasteiger partial charge in [0.1, 0.15) is 5.75 Å². The number of allylic oxidation sites excluding steroid dienone is 2. The average Bonchev–Trinajstić information content (AvgIpc) is 3.32. The quantitative estimate of drug-likeness (QED) is 0.312. The van der Waals surface area contributed by atoms with Gasteiger partial charge in [-0.2, -0.15) is 0 Å². The average molecular weight is 444 g/mol. The topological polar surface area (TPSA) is 84.0 Å². The van der Waals surface area contributed by atoms with E-state index in [0.29, 0.717) is 24.3 Å². The minimum atomic E-state index is -0.560. The van der Waals surface area contributed by atoms with Crippen LogP contribution in [-0.2, 0) is 19.2 Å². The van der Waals surface area contributed by atoms with Gasteiger partial charge in [0, 0.05) is 18.7 Å². The van der Waals surface area contributed by atoms with E-state index in [1.54, 1.807) is 29.2 Å². The molecule has 0 bridgehead atoms. The third-order valence-electron chi connectivity index (χ3n) is 6.59. The Bertz CT molecular complexity index is 1140. The SMILES string of the molecule is Cc1cccc(N2C[C@@H](C(=O)Oc3ccc(N4C(=O)[C@H]5CC=CC[C@H]5C4=O)cc3)CC2=O)c1. The molecule has 2 aromatic carbocycles. The van der Waals surface area contributed by atoms with Crippen molar-refractivity contribution in [2.75, 3.05) is 16.3 Å². The van der Waals surface area contributed by atoms with E-state index in [0.717, 1.165) is 11.3 Å². The zero-order valence-electron chi connectivity index (χ0n) is 18.3. The molecule has 2 fully saturated rings. The Morgan fingerprint density at radius 3 is 2.21 bits per heavy atom. The number of carbonyl (C=O) groups is 4. The first-order valence-corrected chi connectivity index (χ1v) is 11.1. The molecule has 3 atom stereocenters. The molecular weight excluding hydrogens is 420 g/mol. The normalized spacial score (nSPS) is 24.4. The maximum Gasteiger partial charge on any atom is 0.316 e. The summed E-state index contributed by atoms with van der Waals surface area (Å²) in [6, 6.07) is 14.0. The lowest BCUT2D eigenvalue weighted by Gasteiger charge is -2.17. The minimum absolute atomic E-state index is 0.0957. The highest BCUT2D eigenvalue weighted by atomic mass is 16.5. The first kappa shape index (κ1) is 21.1. The van der Waals surface area contributed by atoms with Crippen molar-refractivity contribution in [2.24, 2.45) is 17.8 Å². The molecule has 0 radical (unpaired) electrons. The molecule has 1 aliphatic carbocycles. The second kappa shape index (κ2) is 8.31. The van der Waals surface area contributed by atoms with Crippen molar-refractivity contribution in [1.82, 2.24) is 0 Å². The second-order valence-electron chi connectivity index (χ2n) is 8.83. The number of hydrogen-bond donors (Lipinski definition) is 0. The number of imide groups is 1. The maximum absolute atomic E-state index is 12.7. The summed E-state index contributed by atoms with van der Waals surface area (Å²) in [6.45, 7) is 2.22. The van der Waals surface area contributed by atoms with Gasteiger partial charge in [0.05, 0.1) is 23.4 Å². The monoisotopic (exact) mass is 444 g/mol. The van der Waals surface area contributed by atoms with Gasteiger partial charge >= 0.3 is 5.97 Å². The Hall–Kier alpha value is -3.74. The number of benzene rings is 2. The van der Waals surface area contributed by atoms with Crippen molar-refractivity contribution in [3.63, 3.8) is 0 Å². The summed E-state index contributed by atoms with van der Waals surface area (Å²) >= 11 is 0. The molecule has 2 heterocycles. The molecule has 0 saturated carbocycles. The Morgan fingerprint density at radius 2 is 1.58 bits per heavy atom. The van der Waals surface area contributed by atoms with Crippen LogP contribution >= 0.6 is 0 Å². The van der Waals surface area contributed by atoms with E-state index in [4.69, 9.17) is 4.74 Å². The van der Waals surface area contributed by atoms with Crippen LogP contribution in [0.25, 0.3) is 0 Å². The Morgan fingerprint density at radius 1 is 0.909 bits per heavy atom. The molecule has 2 saturated heterocycles. The fraction of sp³-hybridized carbons (Fsp3) is 0.308. The number of esters is 1. The van der Waals surface area contributed by atoms with Gasteiger partial charge in [0.25, 0.3) is 0 Å². The van der Waals surface area contributed by atoms with Crippen LogP contribution in [0.15, 0.2) is 60.7 Å². The van der Waals surface area contributed by atoms with Crippen LogP contribution in [0, 0.1) is 24.7 Å². The van der Waals surface area contributed by atoms with Gasteiger partial charge in [-0.25, -0.2) is 0 Å². The molecular formula is C26H24N2O5. The highest BCUT2D eigenvalue weighted by Gasteiger charge is 2.47. The molecule has 2 aliphatic heterocycles. The largest absolute Gasteiger partial charge is 0.426 e. The molecule has 7 heteroatoms. The summed E-state index contributed by atoms with van der Waals surface area (Å²) < 4.78 is 5.50. The lowest BCUT2D eigenvalue weighted by atomic mass is 9.85. The summed E-state index contributed by atoms with van der Waals surface area (Å²) in [5, 5.41) is 0. The van der Waals surface area contributed by atoms with Crippen LogP contribution in [0.1, 0.15) is 24.8 Å². The Kier molecular flexibility index (Phi) is 5.32. The lowest BCUT2D eigenvalue weighted by Crippen LogP contribution is -2.30. The number of aryl methyl sites for hydroxylation is 1. The number of rotatable bonds is 4. The Balaban J connectivity index is 1.24. The van der Waals surface area contributed by atoms with Crippen molar-refractivity contribution >= 4 is 35.1 Å². The number of nitrogens with zero attached hydrogens (tertiary/aromatic N) is 2.